The first-order valence-corrected chi connectivity index (χ1v) is 13.3. The molecule has 4 rings (SSSR count). The number of carbonyl (C=O) groups excluding carboxylic acids is 1. The molecule has 1 aromatic heterocycles. The van der Waals surface area contributed by atoms with Gasteiger partial charge in [-0.15, -0.1) is 0 Å². The van der Waals surface area contributed by atoms with E-state index in [0.29, 0.717) is 55.2 Å². The van der Waals surface area contributed by atoms with E-state index in [4.69, 9.17) is 15.6 Å². The number of amides is 1. The van der Waals surface area contributed by atoms with Crippen LogP contribution in [0, 0.1) is 25.2 Å². The minimum Gasteiger partial charge on any atom is -0.437 e. The van der Waals surface area contributed by atoms with Crippen LogP contribution in [-0.4, -0.2) is 59.7 Å². The van der Waals surface area contributed by atoms with Crippen molar-refractivity contribution in [3.8, 4) is 17.7 Å². The number of rotatable bonds is 8. The van der Waals surface area contributed by atoms with Crippen LogP contribution in [0.25, 0.3) is 0 Å². The van der Waals surface area contributed by atoms with Gasteiger partial charge in [0.15, 0.2) is 0 Å². The van der Waals surface area contributed by atoms with Crippen molar-refractivity contribution in [2.24, 2.45) is 10.9 Å². The first kappa shape index (κ1) is 27.0. The lowest BCUT2D eigenvalue weighted by Gasteiger charge is -2.32. The Bertz CT molecular complexity index is 1470. The van der Waals surface area contributed by atoms with Crippen molar-refractivity contribution in [1.82, 2.24) is 19.2 Å². The summed E-state index contributed by atoms with van der Waals surface area (Å²) in [7, 11) is -3.65. The van der Waals surface area contributed by atoms with Gasteiger partial charge in [0.05, 0.1) is 11.6 Å². The van der Waals surface area contributed by atoms with Crippen LogP contribution in [0.5, 0.6) is 11.6 Å². The number of carbonyl (C=O) groups is 1. The zero-order chi connectivity index (χ0) is 27.4. The van der Waals surface area contributed by atoms with Gasteiger partial charge in [-0.05, 0) is 54.8 Å². The third-order valence-corrected chi connectivity index (χ3v) is 7.20. The van der Waals surface area contributed by atoms with Gasteiger partial charge in [0.2, 0.25) is 11.8 Å². The summed E-state index contributed by atoms with van der Waals surface area (Å²) in [6, 6.07) is 13.1. The van der Waals surface area contributed by atoms with E-state index in [1.54, 1.807) is 26.0 Å². The van der Waals surface area contributed by atoms with E-state index in [-0.39, 0.29) is 17.4 Å². The maximum absolute atomic E-state index is 12.0. The zero-order valence-electron chi connectivity index (χ0n) is 21.0. The quantitative estimate of drug-likeness (QED) is 0.387. The molecule has 2 heterocycles. The third kappa shape index (κ3) is 6.42. The molecule has 0 bridgehead atoms. The average molecular weight is 537 g/mol. The number of ether oxygens (including phenoxy) is 1. The van der Waals surface area contributed by atoms with Gasteiger partial charge in [-0.3, -0.25) is 9.69 Å². The Balaban J connectivity index is 1.46. The molecule has 0 aliphatic carbocycles. The summed E-state index contributed by atoms with van der Waals surface area (Å²) in [5, 5.41) is 17.5. The van der Waals surface area contributed by atoms with Crippen molar-refractivity contribution < 1.29 is 17.9 Å². The van der Waals surface area contributed by atoms with E-state index in [1.165, 1.54) is 10.5 Å². The van der Waals surface area contributed by atoms with E-state index in [2.05, 4.69) is 26.3 Å². The van der Waals surface area contributed by atoms with Gasteiger partial charge < -0.3 is 15.8 Å². The smallest absolute Gasteiger partial charge is 0.276 e. The molecular weight excluding hydrogens is 508 g/mol. The van der Waals surface area contributed by atoms with Gasteiger partial charge in [0.1, 0.15) is 11.3 Å². The molecule has 0 radical (unpaired) electrons. The Morgan fingerprint density at radius 3 is 2.32 bits per heavy atom. The van der Waals surface area contributed by atoms with E-state index >= 15 is 0 Å². The van der Waals surface area contributed by atoms with Crippen molar-refractivity contribution in [2.45, 2.75) is 20.4 Å². The highest BCUT2D eigenvalue weighted by atomic mass is 32.2. The fraction of sp³-hybridized carbons (Fsp3) is 0.280. The molecule has 198 valence electrons. The van der Waals surface area contributed by atoms with Crippen molar-refractivity contribution in [3.63, 3.8) is 0 Å². The second-order valence-corrected chi connectivity index (χ2v) is 10.5. The number of anilines is 2. The molecule has 38 heavy (non-hydrogen) atoms. The number of nitrogens with zero attached hydrogens (tertiary/aromatic N) is 5. The van der Waals surface area contributed by atoms with Gasteiger partial charge in [0, 0.05) is 44.6 Å². The molecule has 1 aliphatic heterocycles. The lowest BCUT2D eigenvalue weighted by molar-refractivity contribution is 0.0997. The van der Waals surface area contributed by atoms with Crippen molar-refractivity contribution in [3.05, 3.63) is 70.4 Å². The van der Waals surface area contributed by atoms with E-state index in [1.807, 2.05) is 24.3 Å². The minimum absolute atomic E-state index is 0.00108. The van der Waals surface area contributed by atoms with Gasteiger partial charge in [-0.25, -0.2) is 10.1 Å². The number of hydrogen-bond acceptors (Lipinski definition) is 9. The summed E-state index contributed by atoms with van der Waals surface area (Å²) < 4.78 is 30.2. The molecule has 2 aromatic carbocycles. The molecule has 5 N–H and O–H groups in total. The van der Waals surface area contributed by atoms with Crippen LogP contribution in [0.1, 0.15) is 32.6 Å². The SMILES string of the molecule is Cc1cc(C#N)cc(C)c1Oc1nc(Nc2ccc(CN3CCN(S(N)(=O)=O)CC3)cc2)ncc1C(N)=O. The molecule has 3 aromatic rings. The number of benzene rings is 2. The highest BCUT2D eigenvalue weighted by molar-refractivity contribution is 7.86. The van der Waals surface area contributed by atoms with E-state index < -0.39 is 16.1 Å². The number of nitrogens with one attached hydrogen (secondary N) is 1. The Kier molecular flexibility index (Phi) is 7.88. The highest BCUT2D eigenvalue weighted by Crippen LogP contribution is 2.31. The summed E-state index contributed by atoms with van der Waals surface area (Å²) >= 11 is 0. The number of nitriles is 1. The fourth-order valence-corrected chi connectivity index (χ4v) is 4.84. The Labute approximate surface area is 221 Å². The predicted molar refractivity (Wildman–Crippen MR) is 141 cm³/mol. The molecule has 1 saturated heterocycles. The Morgan fingerprint density at radius 2 is 1.76 bits per heavy atom. The van der Waals surface area contributed by atoms with Crippen LogP contribution in [0.15, 0.2) is 42.6 Å². The largest absolute Gasteiger partial charge is 0.437 e. The molecular formula is C25H28N8O4S. The monoisotopic (exact) mass is 536 g/mol. The van der Waals surface area contributed by atoms with Crippen LogP contribution in [-0.2, 0) is 16.8 Å². The van der Waals surface area contributed by atoms with E-state index in [9.17, 15) is 18.5 Å². The maximum atomic E-state index is 12.0. The molecule has 1 amide bonds. The fourth-order valence-electron chi connectivity index (χ4n) is 4.17. The molecule has 0 saturated carbocycles. The first-order chi connectivity index (χ1) is 18.0. The Morgan fingerprint density at radius 1 is 1.13 bits per heavy atom. The van der Waals surface area contributed by atoms with Crippen LogP contribution in [0.4, 0.5) is 11.6 Å². The molecule has 1 aliphatic rings. The van der Waals surface area contributed by atoms with Crippen LogP contribution in [0.2, 0.25) is 0 Å². The van der Waals surface area contributed by atoms with Gasteiger partial charge in [-0.2, -0.15) is 23.0 Å². The molecule has 0 spiro atoms. The second kappa shape index (κ2) is 11.1. The number of aromatic nitrogens is 2. The summed E-state index contributed by atoms with van der Waals surface area (Å²) in [5.41, 5.74) is 9.24. The lowest BCUT2D eigenvalue weighted by Crippen LogP contribution is -2.50. The third-order valence-electron chi connectivity index (χ3n) is 6.11. The van der Waals surface area contributed by atoms with Crippen molar-refractivity contribution >= 4 is 27.8 Å². The van der Waals surface area contributed by atoms with Gasteiger partial charge in [0.25, 0.3) is 16.1 Å². The normalized spacial score (nSPS) is 14.6. The molecule has 0 atom stereocenters. The number of nitrogens with two attached hydrogens (primary N) is 2. The standard InChI is InChI=1S/C25H28N8O4S/c1-16-11-19(13-26)12-17(2)22(16)37-24-21(23(27)34)14-29-25(31-24)30-20-5-3-18(4-6-20)15-32-7-9-33(10-8-32)38(28,35)36/h3-6,11-12,14H,7-10,15H2,1-2H3,(H2,27,34)(H2,28,35,36)(H,29,30,31). The molecule has 13 heteroatoms. The summed E-state index contributed by atoms with van der Waals surface area (Å²) in [4.78, 5) is 22.7. The first-order valence-electron chi connectivity index (χ1n) is 11.8. The highest BCUT2D eigenvalue weighted by Gasteiger charge is 2.24. The van der Waals surface area contributed by atoms with E-state index in [0.717, 1.165) is 11.3 Å². The van der Waals surface area contributed by atoms with Crippen LogP contribution in [0.3, 0.4) is 0 Å². The molecule has 12 nitrogen and oxygen atoms in total. The van der Waals surface area contributed by atoms with Crippen molar-refractivity contribution in [2.75, 3.05) is 31.5 Å². The molecule has 0 unspecified atom stereocenters. The summed E-state index contributed by atoms with van der Waals surface area (Å²) in [5.74, 6) is -0.0443. The van der Waals surface area contributed by atoms with Gasteiger partial charge >= 0.3 is 0 Å². The van der Waals surface area contributed by atoms with Crippen LogP contribution >= 0.6 is 0 Å². The predicted octanol–water partition coefficient (Wildman–Crippen LogP) is 1.92. The average Bonchev–Trinajstić information content (AvgIpc) is 2.87. The zero-order valence-corrected chi connectivity index (χ0v) is 21.8. The molecule has 1 fully saturated rings. The maximum Gasteiger partial charge on any atom is 0.276 e. The number of hydrogen-bond donors (Lipinski definition) is 3. The number of primary amides is 1. The van der Waals surface area contributed by atoms with Crippen LogP contribution < -0.4 is 20.9 Å². The van der Waals surface area contributed by atoms with Crippen molar-refractivity contribution in [1.29, 1.82) is 5.26 Å². The Hall–Kier alpha value is -4.09. The number of aryl methyl sites for hydroxylation is 2. The summed E-state index contributed by atoms with van der Waals surface area (Å²) in [6.07, 6.45) is 1.30. The summed E-state index contributed by atoms with van der Waals surface area (Å²) in [6.45, 7) is 6.19. The second-order valence-electron chi connectivity index (χ2n) is 8.97. The number of piperazine rings is 1. The lowest BCUT2D eigenvalue weighted by atomic mass is 10.1. The van der Waals surface area contributed by atoms with Gasteiger partial charge in [-0.1, -0.05) is 12.1 Å². The minimum atomic E-state index is -3.65. The topological polar surface area (TPSA) is 181 Å².